The van der Waals surface area contributed by atoms with Gasteiger partial charge in [0.05, 0.1) is 15.6 Å². The van der Waals surface area contributed by atoms with Crippen LogP contribution in [0.5, 0.6) is 0 Å². The van der Waals surface area contributed by atoms with E-state index in [2.05, 4.69) is 5.32 Å². The Morgan fingerprint density at radius 1 is 1.26 bits per heavy atom. The zero-order chi connectivity index (χ0) is 13.8. The van der Waals surface area contributed by atoms with Crippen LogP contribution >= 0.6 is 11.6 Å². The van der Waals surface area contributed by atoms with Crippen LogP contribution in [0, 0.1) is 15.9 Å². The van der Waals surface area contributed by atoms with E-state index >= 15 is 0 Å². The molecule has 0 aliphatic heterocycles. The molecular formula is C13H10ClFN2O2. The third kappa shape index (κ3) is 3.20. The summed E-state index contributed by atoms with van der Waals surface area (Å²) in [6.07, 6.45) is 0. The number of hydrogen-bond acceptors (Lipinski definition) is 3. The average molecular weight is 281 g/mol. The topological polar surface area (TPSA) is 55.2 Å². The minimum absolute atomic E-state index is 0.000990. The summed E-state index contributed by atoms with van der Waals surface area (Å²) < 4.78 is 13.5. The lowest BCUT2D eigenvalue weighted by Crippen LogP contribution is -2.02. The van der Waals surface area contributed by atoms with Crippen LogP contribution < -0.4 is 5.32 Å². The number of halogens is 2. The first-order valence-corrected chi connectivity index (χ1v) is 5.87. The van der Waals surface area contributed by atoms with Gasteiger partial charge in [0.2, 0.25) is 0 Å². The second-order valence-corrected chi connectivity index (χ2v) is 4.28. The first-order chi connectivity index (χ1) is 9.08. The summed E-state index contributed by atoms with van der Waals surface area (Å²) in [6, 6.07) is 10.5. The van der Waals surface area contributed by atoms with Gasteiger partial charge < -0.3 is 5.32 Å². The predicted molar refractivity (Wildman–Crippen MR) is 71.8 cm³/mol. The summed E-state index contributed by atoms with van der Waals surface area (Å²) in [5.74, 6) is -0.460. The molecule has 0 atom stereocenters. The molecule has 0 unspecified atom stereocenters. The van der Waals surface area contributed by atoms with Crippen molar-refractivity contribution in [1.29, 1.82) is 0 Å². The Morgan fingerprint density at radius 3 is 2.68 bits per heavy atom. The van der Waals surface area contributed by atoms with E-state index in [1.165, 1.54) is 24.3 Å². The van der Waals surface area contributed by atoms with Gasteiger partial charge in [-0.2, -0.15) is 0 Å². The molecular weight excluding hydrogens is 271 g/mol. The summed E-state index contributed by atoms with van der Waals surface area (Å²) in [5.41, 5.74) is 0.864. The maximum atomic E-state index is 13.5. The number of benzene rings is 2. The first-order valence-electron chi connectivity index (χ1n) is 5.49. The third-order valence-corrected chi connectivity index (χ3v) is 2.87. The van der Waals surface area contributed by atoms with Crippen LogP contribution in [0.3, 0.4) is 0 Å². The highest BCUT2D eigenvalue weighted by atomic mass is 35.5. The molecule has 0 bridgehead atoms. The molecule has 0 fully saturated rings. The molecule has 0 aliphatic carbocycles. The molecule has 0 spiro atoms. The maximum absolute atomic E-state index is 13.5. The van der Waals surface area contributed by atoms with E-state index in [1.54, 1.807) is 18.2 Å². The Bertz CT molecular complexity index is 599. The SMILES string of the molecule is O=[N+]([O-])c1cccc(CNc2c(F)cccc2Cl)c1. The summed E-state index contributed by atoms with van der Waals surface area (Å²) in [4.78, 5) is 10.2. The highest BCUT2D eigenvalue weighted by molar-refractivity contribution is 6.33. The zero-order valence-corrected chi connectivity index (χ0v) is 10.5. The molecule has 2 rings (SSSR count). The molecule has 2 aromatic carbocycles. The third-order valence-electron chi connectivity index (χ3n) is 2.55. The predicted octanol–water partition coefficient (Wildman–Crippen LogP) is 4.00. The second kappa shape index (κ2) is 5.67. The summed E-state index contributed by atoms with van der Waals surface area (Å²) >= 11 is 5.87. The molecule has 6 heteroatoms. The van der Waals surface area contributed by atoms with Crippen molar-refractivity contribution in [2.24, 2.45) is 0 Å². The van der Waals surface area contributed by atoms with Gasteiger partial charge in [0.15, 0.2) is 0 Å². The van der Waals surface area contributed by atoms with Gasteiger partial charge >= 0.3 is 0 Å². The Kier molecular flexibility index (Phi) is 3.97. The summed E-state index contributed by atoms with van der Waals surface area (Å²) in [6.45, 7) is 0.252. The quantitative estimate of drug-likeness (QED) is 0.680. The Balaban J connectivity index is 2.15. The fourth-order valence-corrected chi connectivity index (χ4v) is 1.87. The molecule has 19 heavy (non-hydrogen) atoms. The largest absolute Gasteiger partial charge is 0.377 e. The van der Waals surface area contributed by atoms with Crippen LogP contribution in [0.1, 0.15) is 5.56 Å². The van der Waals surface area contributed by atoms with Gasteiger partial charge in [0, 0.05) is 18.7 Å². The molecule has 2 aromatic rings. The monoisotopic (exact) mass is 280 g/mol. The molecule has 4 nitrogen and oxygen atoms in total. The van der Waals surface area contributed by atoms with Crippen LogP contribution in [-0.2, 0) is 6.54 Å². The van der Waals surface area contributed by atoms with Gasteiger partial charge in [-0.25, -0.2) is 4.39 Å². The summed E-state index contributed by atoms with van der Waals surface area (Å²) in [5, 5.41) is 13.7. The number of anilines is 1. The Hall–Kier alpha value is -2.14. The van der Waals surface area contributed by atoms with Gasteiger partial charge in [0.1, 0.15) is 5.82 Å². The number of hydrogen-bond donors (Lipinski definition) is 1. The molecule has 0 amide bonds. The minimum atomic E-state index is -0.473. The summed E-state index contributed by atoms with van der Waals surface area (Å²) in [7, 11) is 0. The van der Waals surface area contributed by atoms with Gasteiger partial charge in [-0.3, -0.25) is 10.1 Å². The van der Waals surface area contributed by atoms with E-state index in [4.69, 9.17) is 11.6 Å². The number of non-ortho nitro benzene ring substituents is 1. The second-order valence-electron chi connectivity index (χ2n) is 3.88. The van der Waals surface area contributed by atoms with E-state index in [9.17, 15) is 14.5 Å². The van der Waals surface area contributed by atoms with Gasteiger partial charge in [0.25, 0.3) is 5.69 Å². The standard InChI is InChI=1S/C13H10ClFN2O2/c14-11-5-2-6-12(15)13(11)16-8-9-3-1-4-10(7-9)17(18)19/h1-7,16H,8H2. The van der Waals surface area contributed by atoms with Crippen LogP contribution in [0.15, 0.2) is 42.5 Å². The number of para-hydroxylation sites is 1. The van der Waals surface area contributed by atoms with Crippen molar-refractivity contribution < 1.29 is 9.31 Å². The Morgan fingerprint density at radius 2 is 2.00 bits per heavy atom. The number of rotatable bonds is 4. The van der Waals surface area contributed by atoms with Crippen molar-refractivity contribution in [3.05, 3.63) is 69.0 Å². The number of nitrogens with zero attached hydrogens (tertiary/aromatic N) is 1. The van der Waals surface area contributed by atoms with Crippen LogP contribution in [0.25, 0.3) is 0 Å². The number of nitro groups is 1. The minimum Gasteiger partial charge on any atom is -0.377 e. The van der Waals surface area contributed by atoms with Crippen LogP contribution in [0.2, 0.25) is 5.02 Å². The van der Waals surface area contributed by atoms with Crippen molar-refractivity contribution in [2.45, 2.75) is 6.54 Å². The highest BCUT2D eigenvalue weighted by Gasteiger charge is 2.08. The van der Waals surface area contributed by atoms with Crippen molar-refractivity contribution in [2.75, 3.05) is 5.32 Å². The normalized spacial score (nSPS) is 10.2. The van der Waals surface area contributed by atoms with E-state index < -0.39 is 10.7 Å². The highest BCUT2D eigenvalue weighted by Crippen LogP contribution is 2.25. The van der Waals surface area contributed by atoms with Crippen LogP contribution in [-0.4, -0.2) is 4.92 Å². The number of nitro benzene ring substituents is 1. The fourth-order valence-electron chi connectivity index (χ4n) is 1.64. The molecule has 98 valence electrons. The lowest BCUT2D eigenvalue weighted by molar-refractivity contribution is -0.384. The lowest BCUT2D eigenvalue weighted by Gasteiger charge is -2.09. The Labute approximate surface area is 114 Å². The molecule has 0 aromatic heterocycles. The van der Waals surface area contributed by atoms with E-state index in [0.717, 1.165) is 0 Å². The van der Waals surface area contributed by atoms with Crippen molar-refractivity contribution >= 4 is 23.0 Å². The van der Waals surface area contributed by atoms with Gasteiger partial charge in [-0.15, -0.1) is 0 Å². The molecule has 1 N–H and O–H groups in total. The molecule has 0 aliphatic rings. The van der Waals surface area contributed by atoms with E-state index in [1.807, 2.05) is 0 Å². The zero-order valence-electron chi connectivity index (χ0n) is 9.77. The number of nitrogens with one attached hydrogen (secondary N) is 1. The van der Waals surface area contributed by atoms with E-state index in [0.29, 0.717) is 5.56 Å². The van der Waals surface area contributed by atoms with Gasteiger partial charge in [-0.05, 0) is 17.7 Å². The fraction of sp³-hybridized carbons (Fsp3) is 0.0769. The van der Waals surface area contributed by atoms with E-state index in [-0.39, 0.29) is 22.9 Å². The maximum Gasteiger partial charge on any atom is 0.269 e. The molecule has 0 radical (unpaired) electrons. The molecule has 0 saturated carbocycles. The van der Waals surface area contributed by atoms with Crippen LogP contribution in [0.4, 0.5) is 15.8 Å². The smallest absolute Gasteiger partial charge is 0.269 e. The lowest BCUT2D eigenvalue weighted by atomic mass is 10.2. The average Bonchev–Trinajstić information content (AvgIpc) is 2.38. The molecule has 0 saturated heterocycles. The molecule has 0 heterocycles. The van der Waals surface area contributed by atoms with Crippen molar-refractivity contribution in [1.82, 2.24) is 0 Å². The van der Waals surface area contributed by atoms with Gasteiger partial charge in [-0.1, -0.05) is 29.8 Å². The first kappa shape index (κ1) is 13.3. The van der Waals surface area contributed by atoms with Crippen molar-refractivity contribution in [3.8, 4) is 0 Å². The van der Waals surface area contributed by atoms with Crippen molar-refractivity contribution in [3.63, 3.8) is 0 Å².